The van der Waals surface area contributed by atoms with E-state index in [0.717, 1.165) is 36.3 Å². The van der Waals surface area contributed by atoms with Gasteiger partial charge >= 0.3 is 0 Å². The van der Waals surface area contributed by atoms with E-state index in [1.54, 1.807) is 41.4 Å². The van der Waals surface area contributed by atoms with Crippen LogP contribution in [0.4, 0.5) is 0 Å². The molecule has 1 aliphatic rings. The van der Waals surface area contributed by atoms with Gasteiger partial charge in [0, 0.05) is 17.5 Å². The van der Waals surface area contributed by atoms with Crippen molar-refractivity contribution in [2.75, 3.05) is 5.75 Å². The van der Waals surface area contributed by atoms with Crippen LogP contribution in [0.1, 0.15) is 47.2 Å². The Bertz CT molecular complexity index is 996. The van der Waals surface area contributed by atoms with Crippen molar-refractivity contribution in [1.82, 2.24) is 4.98 Å². The first-order chi connectivity index (χ1) is 15.1. The highest BCUT2D eigenvalue weighted by atomic mass is 32.2. The molecule has 0 spiro atoms. The fourth-order valence-corrected chi connectivity index (χ4v) is 4.90. The number of aromatic nitrogens is 1. The van der Waals surface area contributed by atoms with Crippen molar-refractivity contribution in [2.24, 2.45) is 5.92 Å². The number of carbonyl (C=O) groups is 2. The van der Waals surface area contributed by atoms with Gasteiger partial charge in [0.1, 0.15) is 0 Å². The number of pyridine rings is 1. The molecular formula is C26H27NO2S2. The second-order valence-corrected chi connectivity index (χ2v) is 8.92. The number of Topliss-reactive ketones (excluding diaryl/α,β-unsaturated/α-hetero) is 2. The Morgan fingerprint density at radius 2 is 2.00 bits per heavy atom. The van der Waals surface area contributed by atoms with Crippen LogP contribution in [0.25, 0.3) is 0 Å². The molecule has 160 valence electrons. The van der Waals surface area contributed by atoms with E-state index in [1.165, 1.54) is 11.1 Å². The number of hydrogen-bond acceptors (Lipinski definition) is 5. The largest absolute Gasteiger partial charge is 0.290 e. The van der Waals surface area contributed by atoms with Crippen LogP contribution in [0.3, 0.4) is 0 Å². The minimum Gasteiger partial charge on any atom is -0.290 e. The number of unbranched alkanes of at least 4 members (excludes halogenated alkanes) is 2. The first-order valence-corrected chi connectivity index (χ1v) is 12.1. The average Bonchev–Trinajstić information content (AvgIpc) is 2.82. The third-order valence-electron chi connectivity index (χ3n) is 5.51. The van der Waals surface area contributed by atoms with Crippen molar-refractivity contribution in [3.05, 3.63) is 83.1 Å². The predicted octanol–water partition coefficient (Wildman–Crippen LogP) is 6.15. The lowest BCUT2D eigenvalue weighted by Gasteiger charge is -2.20. The van der Waals surface area contributed by atoms with Crippen LogP contribution in [0.5, 0.6) is 0 Å². The van der Waals surface area contributed by atoms with E-state index in [-0.39, 0.29) is 5.78 Å². The fourth-order valence-electron chi connectivity index (χ4n) is 3.65. The molecule has 1 aromatic carbocycles. The average molecular weight is 450 g/mol. The number of rotatable bonds is 11. The van der Waals surface area contributed by atoms with Gasteiger partial charge in [-0.1, -0.05) is 60.8 Å². The molecule has 0 bridgehead atoms. The van der Waals surface area contributed by atoms with Crippen LogP contribution in [0, 0.1) is 12.8 Å². The summed E-state index contributed by atoms with van der Waals surface area (Å²) in [7, 11) is 0. The number of hydrogen-bond donors (Lipinski definition) is 0. The Balaban J connectivity index is 1.66. The van der Waals surface area contributed by atoms with Gasteiger partial charge in [-0.15, -0.1) is 11.8 Å². The van der Waals surface area contributed by atoms with E-state index in [2.05, 4.69) is 18.0 Å². The number of allylic oxidation sites excluding steroid dienone is 3. The number of thioether (sulfide) groups is 1. The van der Waals surface area contributed by atoms with E-state index >= 15 is 0 Å². The molecule has 1 atom stereocenters. The lowest BCUT2D eigenvalue weighted by atomic mass is 9.85. The first-order valence-electron chi connectivity index (χ1n) is 10.6. The lowest BCUT2D eigenvalue weighted by Crippen LogP contribution is -2.27. The number of nitrogens with zero attached hydrogens (tertiary/aromatic N) is 1. The van der Waals surface area contributed by atoms with E-state index in [9.17, 15) is 9.59 Å². The normalized spacial score (nSPS) is 15.4. The standard InChI is InChI=1S/C26H27NO2S2/c1-19-20(10-6-3-9-17-30)15-16-27-26(19)31-18-22-13-7-8-14-23(22)25(29)24(28)21-11-4-2-5-12-21/h2,4-5,7-8,11-13,15-17,23H,3,6,9-10,14,18H2,1H3. The molecule has 5 heteroatoms. The molecule has 0 saturated heterocycles. The summed E-state index contributed by atoms with van der Waals surface area (Å²) in [4.78, 5) is 30.2. The van der Waals surface area contributed by atoms with Gasteiger partial charge in [-0.2, -0.15) is 0 Å². The van der Waals surface area contributed by atoms with Gasteiger partial charge in [0.2, 0.25) is 11.6 Å². The lowest BCUT2D eigenvalue weighted by molar-refractivity contribution is -0.117. The summed E-state index contributed by atoms with van der Waals surface area (Å²) in [5.74, 6) is -0.502. The molecule has 0 fully saturated rings. The second-order valence-electron chi connectivity index (χ2n) is 7.62. The summed E-state index contributed by atoms with van der Waals surface area (Å²) in [5, 5.41) is 2.79. The van der Waals surface area contributed by atoms with Gasteiger partial charge in [0.25, 0.3) is 0 Å². The molecular weight excluding hydrogens is 422 g/mol. The van der Waals surface area contributed by atoms with E-state index in [4.69, 9.17) is 12.2 Å². The van der Waals surface area contributed by atoms with Crippen LogP contribution >= 0.6 is 24.0 Å². The zero-order chi connectivity index (χ0) is 22.1. The van der Waals surface area contributed by atoms with E-state index < -0.39 is 11.7 Å². The number of thiocarbonyl (C=S) groups is 1. The summed E-state index contributed by atoms with van der Waals surface area (Å²) in [6.07, 6.45) is 12.5. The second kappa shape index (κ2) is 11.9. The maximum Gasteiger partial charge on any atom is 0.229 e. The highest BCUT2D eigenvalue weighted by Gasteiger charge is 2.29. The first kappa shape index (κ1) is 23.3. The molecule has 1 aromatic heterocycles. The van der Waals surface area contributed by atoms with Gasteiger partial charge in [-0.25, -0.2) is 4.98 Å². The Morgan fingerprint density at radius 1 is 1.19 bits per heavy atom. The third-order valence-corrected chi connectivity index (χ3v) is 6.90. The molecule has 3 nitrogen and oxygen atoms in total. The molecule has 0 saturated carbocycles. The maximum absolute atomic E-state index is 13.0. The van der Waals surface area contributed by atoms with Crippen molar-refractivity contribution >= 4 is 40.9 Å². The molecule has 2 aromatic rings. The molecule has 0 radical (unpaired) electrons. The molecule has 1 aliphatic carbocycles. The Kier molecular flexibility index (Phi) is 8.92. The highest BCUT2D eigenvalue weighted by Crippen LogP contribution is 2.31. The Morgan fingerprint density at radius 3 is 2.77 bits per heavy atom. The number of aryl methyl sites for hydroxylation is 1. The summed E-state index contributed by atoms with van der Waals surface area (Å²) < 4.78 is 0. The molecule has 1 heterocycles. The van der Waals surface area contributed by atoms with Gasteiger partial charge in [-0.05, 0) is 67.2 Å². The van der Waals surface area contributed by atoms with Crippen molar-refractivity contribution in [1.29, 1.82) is 0 Å². The summed E-state index contributed by atoms with van der Waals surface area (Å²) >= 11 is 6.54. The van der Waals surface area contributed by atoms with Gasteiger partial charge < -0.3 is 0 Å². The van der Waals surface area contributed by atoms with Gasteiger partial charge in [0.05, 0.1) is 10.9 Å². The summed E-state index contributed by atoms with van der Waals surface area (Å²) in [6, 6.07) is 10.9. The van der Waals surface area contributed by atoms with E-state index in [0.29, 0.717) is 17.7 Å². The monoisotopic (exact) mass is 449 g/mol. The quantitative estimate of drug-likeness (QED) is 0.135. The van der Waals surface area contributed by atoms with Crippen LogP contribution in [-0.2, 0) is 11.2 Å². The number of ketones is 2. The SMILES string of the molecule is Cc1c(CCCCC=S)ccnc1SCC1=CC=CCC1C(=O)C(=O)c1ccccc1. The van der Waals surface area contributed by atoms with E-state index in [1.807, 2.05) is 30.5 Å². The van der Waals surface area contributed by atoms with Crippen LogP contribution < -0.4 is 0 Å². The summed E-state index contributed by atoms with van der Waals surface area (Å²) in [5.41, 5.74) is 3.94. The number of benzene rings is 1. The predicted molar refractivity (Wildman–Crippen MR) is 132 cm³/mol. The topological polar surface area (TPSA) is 47.0 Å². The minimum atomic E-state index is -0.413. The molecule has 3 rings (SSSR count). The molecule has 31 heavy (non-hydrogen) atoms. The van der Waals surface area contributed by atoms with Crippen LogP contribution in [-0.4, -0.2) is 27.7 Å². The van der Waals surface area contributed by atoms with Crippen molar-refractivity contribution in [2.45, 2.75) is 44.1 Å². The summed E-state index contributed by atoms with van der Waals surface area (Å²) in [6.45, 7) is 2.11. The molecule has 0 aliphatic heterocycles. The molecule has 0 amide bonds. The van der Waals surface area contributed by atoms with Gasteiger partial charge in [0.15, 0.2) is 0 Å². The molecule has 0 N–H and O–H groups in total. The zero-order valence-electron chi connectivity index (χ0n) is 17.8. The minimum absolute atomic E-state index is 0.334. The maximum atomic E-state index is 13.0. The third kappa shape index (κ3) is 6.31. The van der Waals surface area contributed by atoms with Crippen molar-refractivity contribution in [3.63, 3.8) is 0 Å². The Hall–Kier alpha value is -2.37. The van der Waals surface area contributed by atoms with Crippen LogP contribution in [0.2, 0.25) is 0 Å². The highest BCUT2D eigenvalue weighted by molar-refractivity contribution is 7.99. The van der Waals surface area contributed by atoms with Crippen molar-refractivity contribution < 1.29 is 9.59 Å². The zero-order valence-corrected chi connectivity index (χ0v) is 19.4. The van der Waals surface area contributed by atoms with Crippen LogP contribution in [0.15, 0.2) is 71.4 Å². The number of carbonyl (C=O) groups excluding carboxylic acids is 2. The smallest absolute Gasteiger partial charge is 0.229 e. The fraction of sp³-hybridized carbons (Fsp3) is 0.308. The van der Waals surface area contributed by atoms with Crippen molar-refractivity contribution in [3.8, 4) is 0 Å². The van der Waals surface area contributed by atoms with Gasteiger partial charge in [-0.3, -0.25) is 9.59 Å². The Labute approximate surface area is 194 Å². The molecule has 1 unspecified atom stereocenters.